The van der Waals surface area contributed by atoms with E-state index < -0.39 is 10.1 Å². The van der Waals surface area contributed by atoms with Crippen molar-refractivity contribution in [3.05, 3.63) is 145 Å². The van der Waals surface area contributed by atoms with E-state index in [2.05, 4.69) is 142 Å². The average molecular weight is 743 g/mol. The Balaban J connectivity index is 1.79. The van der Waals surface area contributed by atoms with Crippen LogP contribution in [0.25, 0.3) is 5.57 Å². The van der Waals surface area contributed by atoms with Gasteiger partial charge < -0.3 is 9.87 Å². The molecule has 0 saturated carbocycles. The van der Waals surface area contributed by atoms with E-state index in [1.54, 1.807) is 6.07 Å². The zero-order chi connectivity index (χ0) is 39.8. The van der Waals surface area contributed by atoms with E-state index in [0.717, 1.165) is 57.9 Å². The molecule has 284 valence electrons. The second-order valence-electron chi connectivity index (χ2n) is 15.7. The standard InChI is InChI=1S/C48H58N2O3S/c1-14-36-23-30(8)32(10)34(12)47(36)49-43-20-17-38(25-41(43)27(3)4)46(40-19-16-29(7)22-45(40)54(51,52)53)39-18-21-44(42(26-39)28(5)6)50-48-35(13)33(11)31(9)24-37(48)15-2/h16-28,49H,14-15H2,1-13H3,(H,51,52,53). The van der Waals surface area contributed by atoms with Gasteiger partial charge in [0, 0.05) is 39.7 Å². The van der Waals surface area contributed by atoms with Gasteiger partial charge in [-0.3, -0.25) is 0 Å². The number of allylic oxidation sites excluding steroid dienone is 5. The first-order chi connectivity index (χ1) is 25.4. The summed E-state index contributed by atoms with van der Waals surface area (Å²) in [5.74, 6) is 0.302. The first-order valence-electron chi connectivity index (χ1n) is 19.3. The monoisotopic (exact) mass is 742 g/mol. The molecule has 0 bridgehead atoms. The number of hydrogen-bond acceptors (Lipinski definition) is 4. The molecule has 0 saturated heterocycles. The molecule has 1 aliphatic carbocycles. The number of aryl methyl sites for hydroxylation is 5. The van der Waals surface area contributed by atoms with Crippen LogP contribution in [0.3, 0.4) is 0 Å². The molecule has 0 radical (unpaired) electrons. The molecule has 0 amide bonds. The molecule has 2 N–H and O–H groups in total. The van der Waals surface area contributed by atoms with E-state index in [9.17, 15) is 13.0 Å². The lowest BCUT2D eigenvalue weighted by atomic mass is 9.84. The van der Waals surface area contributed by atoms with Crippen LogP contribution in [0.1, 0.15) is 114 Å². The van der Waals surface area contributed by atoms with Gasteiger partial charge >= 0.3 is 0 Å². The van der Waals surface area contributed by atoms with Gasteiger partial charge in [0.2, 0.25) is 11.4 Å². The van der Waals surface area contributed by atoms with Crippen molar-refractivity contribution < 1.29 is 18.0 Å². The van der Waals surface area contributed by atoms with Crippen molar-refractivity contribution in [2.45, 2.75) is 114 Å². The Hall–Kier alpha value is -4.52. The van der Waals surface area contributed by atoms with Crippen LogP contribution in [0.4, 0.5) is 17.1 Å². The third kappa shape index (κ3) is 8.11. The average Bonchev–Trinajstić information content (AvgIpc) is 3.12. The maximum absolute atomic E-state index is 12.9. The van der Waals surface area contributed by atoms with Crippen molar-refractivity contribution in [1.29, 1.82) is 0 Å². The van der Waals surface area contributed by atoms with Gasteiger partial charge in [0.25, 0.3) is 0 Å². The van der Waals surface area contributed by atoms with Gasteiger partial charge in [-0.1, -0.05) is 65.8 Å². The number of hydrogen-bond donors (Lipinski definition) is 2. The van der Waals surface area contributed by atoms with E-state index in [0.29, 0.717) is 16.7 Å². The molecule has 5 rings (SSSR count). The van der Waals surface area contributed by atoms with E-state index in [1.807, 2.05) is 13.0 Å². The summed E-state index contributed by atoms with van der Waals surface area (Å²) >= 11 is 0. The highest BCUT2D eigenvalue weighted by molar-refractivity contribution is 7.85. The Morgan fingerprint density at radius 3 is 1.96 bits per heavy atom. The summed E-state index contributed by atoms with van der Waals surface area (Å²) in [6.45, 7) is 27.9. The second kappa shape index (κ2) is 16.1. The summed E-state index contributed by atoms with van der Waals surface area (Å²) in [4.78, 5) is 3.60. The number of nitrogens with one attached hydrogen (secondary N) is 2. The van der Waals surface area contributed by atoms with Crippen LogP contribution < -0.4 is 10.3 Å². The largest absolute Gasteiger partial charge is 0.744 e. The van der Waals surface area contributed by atoms with Crippen LogP contribution in [-0.2, 0) is 23.0 Å². The molecule has 0 aliphatic heterocycles. The fourth-order valence-corrected chi connectivity index (χ4v) is 8.42. The Morgan fingerprint density at radius 2 is 1.37 bits per heavy atom. The molecule has 5 nitrogen and oxygen atoms in total. The molecule has 6 heteroatoms. The predicted octanol–water partition coefficient (Wildman–Crippen LogP) is 10.5. The van der Waals surface area contributed by atoms with Gasteiger partial charge in [-0.05, 0) is 171 Å². The molecule has 0 spiro atoms. The molecular weight excluding hydrogens is 685 g/mol. The fraction of sp³-hybridized carbons (Fsp3) is 0.354. The summed E-state index contributed by atoms with van der Waals surface area (Å²) < 4.78 is 38.8. The van der Waals surface area contributed by atoms with Crippen LogP contribution in [0.5, 0.6) is 0 Å². The Bertz CT molecular complexity index is 2370. The minimum atomic E-state index is -4.80. The smallest absolute Gasteiger partial charge is 0.210 e. The lowest BCUT2D eigenvalue weighted by Crippen LogP contribution is -2.68. The van der Waals surface area contributed by atoms with Crippen molar-refractivity contribution in [1.82, 2.24) is 0 Å². The topological polar surface area (TPSA) is 83.2 Å². The van der Waals surface area contributed by atoms with Crippen LogP contribution in [0, 0.1) is 54.4 Å². The van der Waals surface area contributed by atoms with Crippen molar-refractivity contribution in [3.8, 4) is 0 Å². The van der Waals surface area contributed by atoms with Crippen molar-refractivity contribution in [2.24, 2.45) is 5.92 Å². The predicted molar refractivity (Wildman–Crippen MR) is 227 cm³/mol. The van der Waals surface area contributed by atoms with Crippen LogP contribution >= 0.6 is 0 Å². The van der Waals surface area contributed by atoms with E-state index in [-0.39, 0.29) is 16.7 Å². The van der Waals surface area contributed by atoms with E-state index in [4.69, 9.17) is 0 Å². The van der Waals surface area contributed by atoms with Gasteiger partial charge in [-0.2, -0.15) is 0 Å². The minimum absolute atomic E-state index is 0.151. The molecule has 0 fully saturated rings. The molecule has 0 heterocycles. The SMILES string of the molecule is CCc1cc(C)c(C)c(C)c1Nc1ccc(C(=C2C=CC(=[NH+]c3c(CC)cc(C)c(C)c3C)C(C(C)C)=C2)c2ccc(C)cc2S(=O)(=O)[O-])cc1C(C)C. The zero-order valence-corrected chi connectivity index (χ0v) is 35.4. The van der Waals surface area contributed by atoms with Crippen LogP contribution in [0.2, 0.25) is 0 Å². The van der Waals surface area contributed by atoms with Gasteiger partial charge in [-0.15, -0.1) is 0 Å². The Labute approximate surface area is 324 Å². The Morgan fingerprint density at radius 1 is 0.741 bits per heavy atom. The molecule has 4 aromatic rings. The van der Waals surface area contributed by atoms with Crippen molar-refractivity contribution in [3.63, 3.8) is 0 Å². The number of rotatable bonds is 10. The second-order valence-corrected chi connectivity index (χ2v) is 17.0. The molecule has 0 atom stereocenters. The fourth-order valence-electron chi connectivity index (χ4n) is 7.65. The summed E-state index contributed by atoms with van der Waals surface area (Å²) in [5.41, 5.74) is 20.1. The molecule has 0 unspecified atom stereocenters. The summed E-state index contributed by atoms with van der Waals surface area (Å²) in [6, 6.07) is 16.0. The highest BCUT2D eigenvalue weighted by Crippen LogP contribution is 2.40. The van der Waals surface area contributed by atoms with Gasteiger partial charge in [0.1, 0.15) is 10.1 Å². The molecule has 54 heavy (non-hydrogen) atoms. The van der Waals surface area contributed by atoms with Gasteiger partial charge in [-0.25, -0.2) is 13.4 Å². The Kier molecular flexibility index (Phi) is 12.1. The molecule has 0 aromatic heterocycles. The van der Waals surface area contributed by atoms with Gasteiger partial charge in [0.15, 0.2) is 0 Å². The van der Waals surface area contributed by atoms with Crippen molar-refractivity contribution >= 4 is 38.5 Å². The van der Waals surface area contributed by atoms with Gasteiger partial charge in [0.05, 0.1) is 4.90 Å². The zero-order valence-electron chi connectivity index (χ0n) is 34.6. The van der Waals surface area contributed by atoms with E-state index in [1.165, 1.54) is 50.6 Å². The molecule has 1 aliphatic rings. The maximum atomic E-state index is 12.9. The first kappa shape index (κ1) is 40.7. The first-order valence-corrected chi connectivity index (χ1v) is 20.7. The highest BCUT2D eigenvalue weighted by atomic mass is 32.2. The lowest BCUT2D eigenvalue weighted by molar-refractivity contribution is -0.353. The third-order valence-corrected chi connectivity index (χ3v) is 12.2. The summed E-state index contributed by atoms with van der Waals surface area (Å²) in [5, 5.41) is 3.81. The quantitative estimate of drug-likeness (QED) is 0.159. The minimum Gasteiger partial charge on any atom is -0.744 e. The highest BCUT2D eigenvalue weighted by Gasteiger charge is 2.26. The molecular formula is C48H58N2O3S. The number of benzene rings is 4. The third-order valence-electron chi connectivity index (χ3n) is 11.4. The normalized spacial score (nSPS) is 15.0. The van der Waals surface area contributed by atoms with Crippen LogP contribution in [-0.4, -0.2) is 18.7 Å². The molecule has 4 aromatic carbocycles. The number of anilines is 2. The van der Waals surface area contributed by atoms with Crippen LogP contribution in [0.15, 0.2) is 82.8 Å². The maximum Gasteiger partial charge on any atom is 0.210 e. The van der Waals surface area contributed by atoms with Crippen molar-refractivity contribution in [2.75, 3.05) is 5.32 Å². The summed E-state index contributed by atoms with van der Waals surface area (Å²) in [6.07, 6.45) is 8.14. The lowest BCUT2D eigenvalue weighted by Gasteiger charge is -2.24. The summed E-state index contributed by atoms with van der Waals surface area (Å²) in [7, 11) is -4.80. The van der Waals surface area contributed by atoms with E-state index >= 15 is 0 Å².